The average Bonchev–Trinajstić information content (AvgIpc) is 2.45. The summed E-state index contributed by atoms with van der Waals surface area (Å²) in [4.78, 5) is 0. The van der Waals surface area contributed by atoms with Crippen molar-refractivity contribution < 1.29 is 0 Å². The molecule has 0 aromatic heterocycles. The molecule has 23 heavy (non-hydrogen) atoms. The predicted molar refractivity (Wildman–Crippen MR) is 105 cm³/mol. The van der Waals surface area contributed by atoms with Crippen molar-refractivity contribution in [3.05, 3.63) is 48.0 Å². The molecular weight excluding hydrogens is 487 g/mol. The highest BCUT2D eigenvalue weighted by molar-refractivity contribution is 6.80. The molecule has 2 aromatic carbocycles. The number of benzene rings is 2. The van der Waals surface area contributed by atoms with Crippen LogP contribution in [0.25, 0.3) is 10.8 Å². The highest BCUT2D eigenvalue weighted by atomic mass is 35.6. The van der Waals surface area contributed by atoms with E-state index in [1.807, 2.05) is 6.07 Å². The summed E-state index contributed by atoms with van der Waals surface area (Å²) in [5.41, 5.74) is 0.331. The number of hydrogen-bond acceptors (Lipinski definition) is 0. The molecule has 2 rings (SSSR count). The maximum absolute atomic E-state index is 6.39. The third-order valence-electron chi connectivity index (χ3n) is 3.17. The Morgan fingerprint density at radius 1 is 0.739 bits per heavy atom. The van der Waals surface area contributed by atoms with E-state index >= 15 is 0 Å². The van der Waals surface area contributed by atoms with Crippen LogP contribution in [0.2, 0.25) is 0 Å². The smallest absolute Gasteiger partial charge is 0.0943 e. The minimum Gasteiger partial charge on any atom is -0.0943 e. The first-order valence-corrected chi connectivity index (χ1v) is 9.33. The van der Waals surface area contributed by atoms with E-state index in [4.69, 9.17) is 104 Å². The normalized spacial score (nSPS) is 14.3. The molecular formula is C14H6Cl9. The van der Waals surface area contributed by atoms with Gasteiger partial charge >= 0.3 is 0 Å². The Morgan fingerprint density at radius 3 is 1.91 bits per heavy atom. The molecule has 0 aliphatic carbocycles. The van der Waals surface area contributed by atoms with Gasteiger partial charge in [0, 0.05) is 0 Å². The molecule has 0 saturated heterocycles. The summed E-state index contributed by atoms with van der Waals surface area (Å²) in [6, 6.07) is 13.5. The fourth-order valence-corrected chi connectivity index (χ4v) is 4.09. The first-order valence-electron chi connectivity index (χ1n) is 5.93. The summed E-state index contributed by atoms with van der Waals surface area (Å²) in [6.07, 6.45) is 0. The van der Waals surface area contributed by atoms with Crippen molar-refractivity contribution in [3.8, 4) is 0 Å². The van der Waals surface area contributed by atoms with Gasteiger partial charge in [-0.3, -0.25) is 0 Å². The van der Waals surface area contributed by atoms with Crippen LogP contribution in [-0.2, 0) is 4.33 Å². The Balaban J connectivity index is 2.58. The van der Waals surface area contributed by atoms with Gasteiger partial charge in [0.25, 0.3) is 0 Å². The van der Waals surface area contributed by atoms with Crippen molar-refractivity contribution in [1.29, 1.82) is 0 Å². The minimum absolute atomic E-state index is 0.331. The molecule has 1 radical (unpaired) electrons. The van der Waals surface area contributed by atoms with Gasteiger partial charge in [0.05, 0.1) is 0 Å². The molecule has 0 N–H and O–H groups in total. The van der Waals surface area contributed by atoms with E-state index in [0.717, 1.165) is 10.8 Å². The van der Waals surface area contributed by atoms with Crippen LogP contribution in [0.1, 0.15) is 5.56 Å². The Hall–Kier alpha value is 1.31. The number of fused-ring (bicyclic) bond motifs is 1. The van der Waals surface area contributed by atoms with E-state index in [9.17, 15) is 0 Å². The molecule has 0 amide bonds. The standard InChI is InChI=1S/C14H6Cl9/c15-11(16,12(17,18)13(19,20)14(21,22)23)10-6-5-8-3-1-2-4-9(8)7-10/h1-2,4-7H. The van der Waals surface area contributed by atoms with Gasteiger partial charge in [-0.2, -0.15) is 0 Å². The van der Waals surface area contributed by atoms with E-state index in [1.165, 1.54) is 0 Å². The van der Waals surface area contributed by atoms with E-state index in [2.05, 4.69) is 6.07 Å². The quantitative estimate of drug-likeness (QED) is 0.381. The van der Waals surface area contributed by atoms with Crippen molar-refractivity contribution in [1.82, 2.24) is 0 Å². The molecule has 0 aliphatic heterocycles. The SMILES string of the molecule is ClC(Cl)(Cl)C(Cl)(Cl)C(Cl)(Cl)C(Cl)(Cl)c1ccc2[c]cccc2c1. The lowest BCUT2D eigenvalue weighted by Crippen LogP contribution is -2.54. The molecule has 9 heteroatoms. The van der Waals surface area contributed by atoms with Gasteiger partial charge in [-0.15, -0.1) is 0 Å². The van der Waals surface area contributed by atoms with Gasteiger partial charge in [0.2, 0.25) is 8.13 Å². The number of halogens is 9. The summed E-state index contributed by atoms with van der Waals surface area (Å²) in [7, 11) is 0. The topological polar surface area (TPSA) is 0 Å². The zero-order chi connectivity index (χ0) is 17.7. The maximum atomic E-state index is 6.39. The van der Waals surface area contributed by atoms with Crippen LogP contribution in [0.15, 0.2) is 36.4 Å². The van der Waals surface area contributed by atoms with Gasteiger partial charge in [-0.25, -0.2) is 0 Å². The van der Waals surface area contributed by atoms with Crippen LogP contribution in [-0.4, -0.2) is 12.5 Å². The maximum Gasteiger partial charge on any atom is 0.226 e. The van der Waals surface area contributed by atoms with E-state index < -0.39 is 16.8 Å². The summed E-state index contributed by atoms with van der Waals surface area (Å²) in [5, 5.41) is 1.66. The fraction of sp³-hybridized carbons (Fsp3) is 0.286. The highest BCUT2D eigenvalue weighted by Gasteiger charge is 2.68. The highest BCUT2D eigenvalue weighted by Crippen LogP contribution is 2.65. The first kappa shape index (κ1) is 20.6. The number of rotatable bonds is 3. The van der Waals surface area contributed by atoms with Crippen molar-refractivity contribution in [3.63, 3.8) is 0 Å². The van der Waals surface area contributed by atoms with Gasteiger partial charge in [-0.1, -0.05) is 135 Å². The predicted octanol–water partition coefficient (Wildman–Crippen LogP) is 7.99. The molecule has 0 nitrogen and oxygen atoms in total. The molecule has 0 heterocycles. The second-order valence-electron chi connectivity index (χ2n) is 4.69. The van der Waals surface area contributed by atoms with Crippen LogP contribution in [0.3, 0.4) is 0 Å². The molecule has 0 spiro atoms. The molecule has 0 saturated carbocycles. The van der Waals surface area contributed by atoms with Gasteiger partial charge in [0.15, 0.2) is 8.67 Å². The lowest BCUT2D eigenvalue weighted by molar-refractivity contribution is 0.600. The molecule has 2 aromatic rings. The molecule has 0 bridgehead atoms. The molecule has 0 unspecified atom stereocenters. The van der Waals surface area contributed by atoms with E-state index in [1.54, 1.807) is 30.3 Å². The Kier molecular flexibility index (Phi) is 6.10. The lowest BCUT2D eigenvalue weighted by Gasteiger charge is -2.44. The monoisotopic (exact) mass is 489 g/mol. The zero-order valence-corrected chi connectivity index (χ0v) is 17.7. The van der Waals surface area contributed by atoms with Crippen LogP contribution in [0.5, 0.6) is 0 Å². The molecule has 0 fully saturated rings. The second-order valence-corrected chi connectivity index (χ2v) is 11.0. The van der Waals surface area contributed by atoms with Crippen LogP contribution < -0.4 is 0 Å². The van der Waals surface area contributed by atoms with Crippen molar-refractivity contribution in [2.24, 2.45) is 0 Å². The first-order chi connectivity index (χ1) is 10.3. The van der Waals surface area contributed by atoms with Crippen molar-refractivity contribution in [2.75, 3.05) is 0 Å². The summed E-state index contributed by atoms with van der Waals surface area (Å²) in [6.45, 7) is 0. The molecule has 0 atom stereocenters. The third kappa shape index (κ3) is 3.59. The largest absolute Gasteiger partial charge is 0.226 e. The number of hydrogen-bond donors (Lipinski definition) is 0. The summed E-state index contributed by atoms with van der Waals surface area (Å²) < 4.78 is -8.80. The Morgan fingerprint density at radius 2 is 1.35 bits per heavy atom. The minimum atomic E-state index is -2.31. The van der Waals surface area contributed by atoms with Crippen molar-refractivity contribution >= 4 is 115 Å². The summed E-state index contributed by atoms with van der Waals surface area (Å²) in [5.74, 6) is 0. The van der Waals surface area contributed by atoms with E-state index in [0.29, 0.717) is 5.56 Å². The van der Waals surface area contributed by atoms with Gasteiger partial charge in [-0.05, 0) is 28.5 Å². The lowest BCUT2D eigenvalue weighted by atomic mass is 10.0. The van der Waals surface area contributed by atoms with Crippen LogP contribution in [0.4, 0.5) is 0 Å². The Bertz CT molecular complexity index is 716. The summed E-state index contributed by atoms with van der Waals surface area (Å²) >= 11 is 54.8. The molecule has 0 aliphatic rings. The second kappa shape index (κ2) is 6.80. The fourth-order valence-electron chi connectivity index (χ4n) is 1.87. The number of alkyl halides is 9. The third-order valence-corrected chi connectivity index (χ3v) is 8.65. The zero-order valence-electron chi connectivity index (χ0n) is 10.9. The van der Waals surface area contributed by atoms with Crippen LogP contribution >= 0.6 is 104 Å². The Labute approximate surface area is 178 Å². The van der Waals surface area contributed by atoms with E-state index in [-0.39, 0.29) is 0 Å². The molecule has 125 valence electrons. The van der Waals surface area contributed by atoms with Crippen LogP contribution in [0, 0.1) is 6.07 Å². The van der Waals surface area contributed by atoms with Gasteiger partial charge in [0.1, 0.15) is 0 Å². The van der Waals surface area contributed by atoms with Crippen molar-refractivity contribution in [2.45, 2.75) is 16.8 Å². The average molecular weight is 493 g/mol. The van der Waals surface area contributed by atoms with Gasteiger partial charge < -0.3 is 0 Å².